The lowest BCUT2D eigenvalue weighted by Crippen LogP contribution is -2.25. The predicted octanol–water partition coefficient (Wildman–Crippen LogP) is 2.69. The maximum atomic E-state index is 2.63. The number of alkyl halides is 1. The number of likely N-dealkylation sites (tertiary alicyclic amines) is 1. The average Bonchev–Trinajstić information content (AvgIpc) is 2.28. The molecule has 1 aliphatic rings. The number of hydrogen-bond acceptors (Lipinski definition) is 1. The third kappa shape index (κ3) is 4.31. The van der Waals surface area contributed by atoms with Crippen molar-refractivity contribution in [1.29, 1.82) is 0 Å². The highest BCUT2D eigenvalue weighted by Gasteiger charge is 2.06. The summed E-state index contributed by atoms with van der Waals surface area (Å²) in [5.74, 6) is 0. The van der Waals surface area contributed by atoms with E-state index in [1.165, 1.54) is 56.2 Å². The Bertz CT molecular complexity index is 87.6. The molecule has 1 saturated heterocycles. The van der Waals surface area contributed by atoms with Crippen LogP contribution in [0.4, 0.5) is 0 Å². The van der Waals surface area contributed by atoms with E-state index in [1.54, 1.807) is 0 Å². The largest absolute Gasteiger partial charge is 0.303 e. The molecule has 1 aliphatic heterocycles. The molecule has 1 fully saturated rings. The van der Waals surface area contributed by atoms with Crippen molar-refractivity contribution in [2.45, 2.75) is 32.1 Å². The summed E-state index contributed by atoms with van der Waals surface area (Å²) in [5.41, 5.74) is 0. The molecule has 66 valence electrons. The fraction of sp³-hybridized carbons (Fsp3) is 1.00. The molecule has 2 heteroatoms. The Labute approximate surface area is 83.7 Å². The van der Waals surface area contributed by atoms with Crippen molar-refractivity contribution in [1.82, 2.24) is 4.90 Å². The molecule has 0 N–H and O–H groups in total. The first kappa shape index (κ1) is 9.78. The van der Waals surface area contributed by atoms with Crippen molar-refractivity contribution in [3.05, 3.63) is 0 Å². The number of hydrogen-bond donors (Lipinski definition) is 0. The molecule has 11 heavy (non-hydrogen) atoms. The molecule has 0 aromatic carbocycles. The van der Waals surface area contributed by atoms with Gasteiger partial charge in [0.1, 0.15) is 0 Å². The standard InChI is InChI=1S/C9H18IN/c10-6-5-9-11-7-3-1-2-4-8-11/h1-9H2. The molecule has 0 aromatic heterocycles. The third-order valence-electron chi connectivity index (χ3n) is 2.31. The zero-order valence-corrected chi connectivity index (χ0v) is 9.35. The van der Waals surface area contributed by atoms with E-state index in [1.807, 2.05) is 0 Å². The van der Waals surface area contributed by atoms with Crippen LogP contribution in [0.3, 0.4) is 0 Å². The van der Waals surface area contributed by atoms with Crippen LogP contribution in [0, 0.1) is 0 Å². The molecule has 0 radical (unpaired) electrons. The van der Waals surface area contributed by atoms with Gasteiger partial charge in [-0.2, -0.15) is 0 Å². The highest BCUT2D eigenvalue weighted by molar-refractivity contribution is 14.1. The van der Waals surface area contributed by atoms with Crippen LogP contribution in [0.25, 0.3) is 0 Å². The van der Waals surface area contributed by atoms with Gasteiger partial charge in [-0.1, -0.05) is 35.4 Å². The maximum absolute atomic E-state index is 2.63. The molecule has 0 atom stereocenters. The van der Waals surface area contributed by atoms with Crippen LogP contribution in [-0.4, -0.2) is 29.0 Å². The summed E-state index contributed by atoms with van der Waals surface area (Å²) in [5, 5.41) is 0. The van der Waals surface area contributed by atoms with Crippen molar-refractivity contribution >= 4 is 22.6 Å². The molecule has 0 aliphatic carbocycles. The second-order valence-electron chi connectivity index (χ2n) is 3.30. The first-order chi connectivity index (χ1) is 5.43. The predicted molar refractivity (Wildman–Crippen MR) is 58.4 cm³/mol. The van der Waals surface area contributed by atoms with Gasteiger partial charge in [0, 0.05) is 4.43 Å². The Kier molecular flexibility index (Phi) is 5.54. The van der Waals surface area contributed by atoms with Gasteiger partial charge in [-0.05, 0) is 38.9 Å². The lowest BCUT2D eigenvalue weighted by atomic mass is 10.2. The molecule has 0 unspecified atom stereocenters. The van der Waals surface area contributed by atoms with Gasteiger partial charge >= 0.3 is 0 Å². The van der Waals surface area contributed by atoms with Gasteiger partial charge < -0.3 is 4.90 Å². The first-order valence-corrected chi connectivity index (χ1v) is 6.24. The van der Waals surface area contributed by atoms with E-state index in [0.717, 1.165) is 0 Å². The fourth-order valence-corrected chi connectivity index (χ4v) is 1.98. The smallest absolute Gasteiger partial charge is 0.000744 e. The quantitative estimate of drug-likeness (QED) is 0.561. The molecule has 0 saturated carbocycles. The van der Waals surface area contributed by atoms with Crippen LogP contribution in [0.5, 0.6) is 0 Å². The van der Waals surface area contributed by atoms with Gasteiger partial charge in [-0.15, -0.1) is 0 Å². The highest BCUT2D eigenvalue weighted by atomic mass is 127. The molecule has 0 amide bonds. The van der Waals surface area contributed by atoms with Crippen molar-refractivity contribution in [2.75, 3.05) is 24.1 Å². The van der Waals surface area contributed by atoms with E-state index in [4.69, 9.17) is 0 Å². The maximum Gasteiger partial charge on any atom is 0.000744 e. The minimum absolute atomic E-state index is 1.31. The van der Waals surface area contributed by atoms with Crippen LogP contribution < -0.4 is 0 Å². The molecule has 0 bridgehead atoms. The van der Waals surface area contributed by atoms with Gasteiger partial charge in [0.2, 0.25) is 0 Å². The minimum Gasteiger partial charge on any atom is -0.303 e. The van der Waals surface area contributed by atoms with Crippen molar-refractivity contribution < 1.29 is 0 Å². The second-order valence-corrected chi connectivity index (χ2v) is 4.38. The van der Waals surface area contributed by atoms with E-state index in [9.17, 15) is 0 Å². The van der Waals surface area contributed by atoms with Crippen LogP contribution in [0.1, 0.15) is 32.1 Å². The average molecular weight is 267 g/mol. The molecule has 1 nitrogen and oxygen atoms in total. The molecule has 0 spiro atoms. The van der Waals surface area contributed by atoms with Crippen LogP contribution in [0.2, 0.25) is 0 Å². The SMILES string of the molecule is ICCCN1CCCCCC1. The molecular weight excluding hydrogens is 249 g/mol. The molecule has 1 rings (SSSR count). The number of nitrogens with zero attached hydrogens (tertiary/aromatic N) is 1. The van der Waals surface area contributed by atoms with E-state index in [-0.39, 0.29) is 0 Å². The Morgan fingerprint density at radius 3 is 2.18 bits per heavy atom. The van der Waals surface area contributed by atoms with E-state index in [2.05, 4.69) is 27.5 Å². The summed E-state index contributed by atoms with van der Waals surface area (Å²) in [7, 11) is 0. The first-order valence-electron chi connectivity index (χ1n) is 4.72. The van der Waals surface area contributed by atoms with Gasteiger partial charge in [-0.3, -0.25) is 0 Å². The summed E-state index contributed by atoms with van der Waals surface area (Å²) in [4.78, 5) is 2.63. The molecule has 0 aromatic rings. The van der Waals surface area contributed by atoms with Crippen LogP contribution in [-0.2, 0) is 0 Å². The van der Waals surface area contributed by atoms with Crippen molar-refractivity contribution in [2.24, 2.45) is 0 Å². The second kappa shape index (κ2) is 6.23. The summed E-state index contributed by atoms with van der Waals surface area (Å²) < 4.78 is 1.31. The summed E-state index contributed by atoms with van der Waals surface area (Å²) in [6.07, 6.45) is 7.16. The molecular formula is C9H18IN. The number of rotatable bonds is 3. The zero-order chi connectivity index (χ0) is 7.94. The Balaban J connectivity index is 2.09. The van der Waals surface area contributed by atoms with E-state index < -0.39 is 0 Å². The normalized spacial score (nSPS) is 21.5. The molecule has 1 heterocycles. The fourth-order valence-electron chi connectivity index (χ4n) is 1.64. The Hall–Kier alpha value is 0.690. The van der Waals surface area contributed by atoms with Crippen molar-refractivity contribution in [3.8, 4) is 0 Å². The number of halogens is 1. The lowest BCUT2D eigenvalue weighted by molar-refractivity contribution is 0.287. The Morgan fingerprint density at radius 1 is 1.00 bits per heavy atom. The zero-order valence-electron chi connectivity index (χ0n) is 7.19. The summed E-state index contributed by atoms with van der Waals surface area (Å²) in [6, 6.07) is 0. The van der Waals surface area contributed by atoms with Gasteiger partial charge in [-0.25, -0.2) is 0 Å². The van der Waals surface area contributed by atoms with Crippen LogP contribution >= 0.6 is 22.6 Å². The Morgan fingerprint density at radius 2 is 1.64 bits per heavy atom. The van der Waals surface area contributed by atoms with Gasteiger partial charge in [0.15, 0.2) is 0 Å². The van der Waals surface area contributed by atoms with Crippen molar-refractivity contribution in [3.63, 3.8) is 0 Å². The van der Waals surface area contributed by atoms with E-state index in [0.29, 0.717) is 0 Å². The van der Waals surface area contributed by atoms with Gasteiger partial charge in [0.25, 0.3) is 0 Å². The highest BCUT2D eigenvalue weighted by Crippen LogP contribution is 2.09. The third-order valence-corrected chi connectivity index (χ3v) is 3.07. The summed E-state index contributed by atoms with van der Waals surface area (Å²) >= 11 is 2.47. The van der Waals surface area contributed by atoms with Crippen LogP contribution in [0.15, 0.2) is 0 Å². The van der Waals surface area contributed by atoms with Gasteiger partial charge in [0.05, 0.1) is 0 Å². The van der Waals surface area contributed by atoms with E-state index >= 15 is 0 Å². The minimum atomic E-state index is 1.31. The monoisotopic (exact) mass is 267 g/mol. The lowest BCUT2D eigenvalue weighted by Gasteiger charge is -2.18. The topological polar surface area (TPSA) is 3.24 Å². The summed E-state index contributed by atoms with van der Waals surface area (Å²) in [6.45, 7) is 4.05.